The van der Waals surface area contributed by atoms with E-state index in [2.05, 4.69) is 5.16 Å². The van der Waals surface area contributed by atoms with Crippen LogP contribution in [0.25, 0.3) is 11.3 Å². The first-order valence-corrected chi connectivity index (χ1v) is 8.17. The van der Waals surface area contributed by atoms with Crippen molar-refractivity contribution in [3.63, 3.8) is 0 Å². The number of hydrogen-bond donors (Lipinski definition) is 0. The van der Waals surface area contributed by atoms with E-state index in [4.69, 9.17) is 4.52 Å². The Morgan fingerprint density at radius 3 is 2.54 bits per heavy atom. The maximum Gasteiger partial charge on any atom is 0.222 e. The number of Topliss-reactive ketones (excluding diaryl/α,β-unsaturated/α-hetero) is 1. The molecule has 1 aromatic heterocycles. The van der Waals surface area contributed by atoms with Gasteiger partial charge in [-0.15, -0.1) is 0 Å². The minimum Gasteiger partial charge on any atom is -0.356 e. The Morgan fingerprint density at radius 1 is 1.12 bits per heavy atom. The molecule has 24 heavy (non-hydrogen) atoms. The van der Waals surface area contributed by atoms with E-state index in [1.54, 1.807) is 18.2 Å². The van der Waals surface area contributed by atoms with Crippen molar-refractivity contribution in [3.05, 3.63) is 41.8 Å². The number of aromatic nitrogens is 1. The van der Waals surface area contributed by atoms with Gasteiger partial charge in [-0.3, -0.25) is 9.59 Å². The van der Waals surface area contributed by atoms with Crippen LogP contribution in [0.2, 0.25) is 0 Å². The lowest BCUT2D eigenvalue weighted by atomic mass is 10.1. The molecule has 0 radical (unpaired) electrons. The Bertz CT molecular complexity index is 718. The molecule has 2 heterocycles. The van der Waals surface area contributed by atoms with E-state index >= 15 is 0 Å². The second kappa shape index (κ2) is 7.38. The van der Waals surface area contributed by atoms with Crippen molar-refractivity contribution in [2.45, 2.75) is 32.1 Å². The quantitative estimate of drug-likeness (QED) is 0.761. The van der Waals surface area contributed by atoms with Crippen LogP contribution in [0, 0.1) is 5.82 Å². The molecule has 3 rings (SSSR count). The number of carbonyl (C=O) groups is 2. The number of carbonyl (C=O) groups excluding carboxylic acids is 2. The topological polar surface area (TPSA) is 63.4 Å². The molecule has 6 heteroatoms. The van der Waals surface area contributed by atoms with Gasteiger partial charge in [0, 0.05) is 37.6 Å². The summed E-state index contributed by atoms with van der Waals surface area (Å²) >= 11 is 0. The molecular weight excluding hydrogens is 311 g/mol. The van der Waals surface area contributed by atoms with E-state index in [-0.39, 0.29) is 29.6 Å². The van der Waals surface area contributed by atoms with E-state index in [0.29, 0.717) is 24.2 Å². The van der Waals surface area contributed by atoms with Gasteiger partial charge in [0.25, 0.3) is 0 Å². The molecule has 1 amide bonds. The smallest absolute Gasteiger partial charge is 0.222 e. The van der Waals surface area contributed by atoms with Crippen LogP contribution < -0.4 is 0 Å². The van der Waals surface area contributed by atoms with Gasteiger partial charge in [0.15, 0.2) is 11.5 Å². The first-order chi connectivity index (χ1) is 11.6. The third-order valence-electron chi connectivity index (χ3n) is 4.18. The molecule has 0 bridgehead atoms. The maximum atomic E-state index is 12.9. The highest BCUT2D eigenvalue weighted by Crippen LogP contribution is 2.21. The Morgan fingerprint density at radius 2 is 1.83 bits per heavy atom. The molecule has 1 aromatic carbocycles. The van der Waals surface area contributed by atoms with Crippen LogP contribution in [0.4, 0.5) is 4.39 Å². The molecule has 0 N–H and O–H groups in total. The minimum atomic E-state index is -0.336. The van der Waals surface area contributed by atoms with Crippen LogP contribution in [-0.4, -0.2) is 34.8 Å². The molecule has 126 valence electrons. The molecule has 2 aromatic rings. The van der Waals surface area contributed by atoms with Crippen LogP contribution in [0.5, 0.6) is 0 Å². The summed E-state index contributed by atoms with van der Waals surface area (Å²) < 4.78 is 18.1. The number of likely N-dealkylation sites (tertiary alicyclic amines) is 1. The first-order valence-electron chi connectivity index (χ1n) is 8.17. The monoisotopic (exact) mass is 330 g/mol. The van der Waals surface area contributed by atoms with Crippen molar-refractivity contribution in [1.82, 2.24) is 10.1 Å². The molecule has 0 saturated carbocycles. The molecule has 1 aliphatic heterocycles. The summed E-state index contributed by atoms with van der Waals surface area (Å²) in [6.45, 7) is 1.66. The number of amides is 1. The number of rotatable bonds is 6. The largest absolute Gasteiger partial charge is 0.356 e. The highest BCUT2D eigenvalue weighted by atomic mass is 19.1. The fraction of sp³-hybridized carbons (Fsp3) is 0.389. The van der Waals surface area contributed by atoms with Crippen LogP contribution in [-0.2, 0) is 4.79 Å². The predicted octanol–water partition coefficient (Wildman–Crippen LogP) is 3.46. The van der Waals surface area contributed by atoms with Gasteiger partial charge in [-0.1, -0.05) is 5.16 Å². The summed E-state index contributed by atoms with van der Waals surface area (Å²) in [6.07, 6.45) is 3.28. The summed E-state index contributed by atoms with van der Waals surface area (Å²) in [5.74, 6) is 0.0533. The average molecular weight is 330 g/mol. The van der Waals surface area contributed by atoms with Crippen molar-refractivity contribution in [2.24, 2.45) is 0 Å². The van der Waals surface area contributed by atoms with Crippen molar-refractivity contribution < 1.29 is 18.5 Å². The number of hydrogen-bond acceptors (Lipinski definition) is 4. The summed E-state index contributed by atoms with van der Waals surface area (Å²) in [5, 5.41) is 3.78. The van der Waals surface area contributed by atoms with Gasteiger partial charge in [0.2, 0.25) is 5.91 Å². The maximum absolute atomic E-state index is 12.9. The van der Waals surface area contributed by atoms with Gasteiger partial charge in [0.1, 0.15) is 11.5 Å². The van der Waals surface area contributed by atoms with Gasteiger partial charge < -0.3 is 9.42 Å². The molecule has 1 saturated heterocycles. The van der Waals surface area contributed by atoms with Crippen LogP contribution >= 0.6 is 0 Å². The SMILES string of the molecule is O=C(CCCC(=O)N1CCCC1)c1cc(-c2ccc(F)cc2)on1. The zero-order chi connectivity index (χ0) is 16.9. The van der Waals surface area contributed by atoms with Crippen LogP contribution in [0.3, 0.4) is 0 Å². The van der Waals surface area contributed by atoms with E-state index in [1.807, 2.05) is 4.90 Å². The Hall–Kier alpha value is -2.50. The summed E-state index contributed by atoms with van der Waals surface area (Å²) in [4.78, 5) is 25.9. The summed E-state index contributed by atoms with van der Waals surface area (Å²) in [6, 6.07) is 7.34. The molecule has 0 spiro atoms. The minimum absolute atomic E-state index is 0.118. The lowest BCUT2D eigenvalue weighted by molar-refractivity contribution is -0.130. The number of ketones is 1. The van der Waals surface area contributed by atoms with Crippen LogP contribution in [0.1, 0.15) is 42.6 Å². The third kappa shape index (κ3) is 3.88. The van der Waals surface area contributed by atoms with Gasteiger partial charge in [0.05, 0.1) is 0 Å². The van der Waals surface area contributed by atoms with Crippen molar-refractivity contribution in [3.8, 4) is 11.3 Å². The molecule has 0 unspecified atom stereocenters. The highest BCUT2D eigenvalue weighted by molar-refractivity contribution is 5.95. The Labute approximate surface area is 139 Å². The first kappa shape index (κ1) is 16.4. The zero-order valence-electron chi connectivity index (χ0n) is 13.3. The highest BCUT2D eigenvalue weighted by Gasteiger charge is 2.19. The van der Waals surface area contributed by atoms with Crippen molar-refractivity contribution >= 4 is 11.7 Å². The second-order valence-corrected chi connectivity index (χ2v) is 5.95. The van der Waals surface area contributed by atoms with E-state index in [1.165, 1.54) is 12.1 Å². The van der Waals surface area contributed by atoms with Crippen molar-refractivity contribution in [1.29, 1.82) is 0 Å². The van der Waals surface area contributed by atoms with Crippen molar-refractivity contribution in [2.75, 3.05) is 13.1 Å². The number of nitrogens with zero attached hydrogens (tertiary/aromatic N) is 2. The molecule has 5 nitrogen and oxygen atoms in total. The number of halogens is 1. The molecule has 1 aliphatic rings. The fourth-order valence-electron chi connectivity index (χ4n) is 2.81. The van der Waals surface area contributed by atoms with Gasteiger partial charge >= 0.3 is 0 Å². The van der Waals surface area contributed by atoms with Gasteiger partial charge in [-0.2, -0.15) is 0 Å². The van der Waals surface area contributed by atoms with Crippen LogP contribution in [0.15, 0.2) is 34.9 Å². The number of benzene rings is 1. The lowest BCUT2D eigenvalue weighted by Crippen LogP contribution is -2.27. The van der Waals surface area contributed by atoms with Gasteiger partial charge in [-0.05, 0) is 43.5 Å². The Balaban J connectivity index is 1.52. The fourth-order valence-corrected chi connectivity index (χ4v) is 2.81. The molecule has 1 fully saturated rings. The predicted molar refractivity (Wildman–Crippen MR) is 85.9 cm³/mol. The van der Waals surface area contributed by atoms with Gasteiger partial charge in [-0.25, -0.2) is 4.39 Å². The van der Waals surface area contributed by atoms with E-state index in [9.17, 15) is 14.0 Å². The standard InChI is InChI=1S/C18H19FN2O3/c19-14-8-6-13(7-9-14)17-12-15(20-24-17)16(22)4-3-5-18(23)21-10-1-2-11-21/h6-9,12H,1-5,10-11H2. The van der Waals surface area contributed by atoms with E-state index < -0.39 is 0 Å². The van der Waals surface area contributed by atoms with E-state index in [0.717, 1.165) is 25.9 Å². The normalized spacial score (nSPS) is 14.1. The third-order valence-corrected chi connectivity index (χ3v) is 4.18. The molecular formula is C18H19FN2O3. The molecule has 0 aliphatic carbocycles. The summed E-state index contributed by atoms with van der Waals surface area (Å²) in [5.41, 5.74) is 0.898. The average Bonchev–Trinajstić information content (AvgIpc) is 3.27. The zero-order valence-corrected chi connectivity index (χ0v) is 13.3. The lowest BCUT2D eigenvalue weighted by Gasteiger charge is -2.14. The second-order valence-electron chi connectivity index (χ2n) is 5.95. The Kier molecular flexibility index (Phi) is 5.03. The summed E-state index contributed by atoms with van der Waals surface area (Å²) in [7, 11) is 0. The molecule has 0 atom stereocenters.